The first kappa shape index (κ1) is 15.9. The molecule has 2 aromatic rings. The minimum absolute atomic E-state index is 0.364. The van der Waals surface area contributed by atoms with E-state index in [1.54, 1.807) is 11.8 Å². The van der Waals surface area contributed by atoms with Crippen molar-refractivity contribution >= 4 is 34.8 Å². The van der Waals surface area contributed by atoms with Crippen molar-refractivity contribution in [3.05, 3.63) is 35.2 Å². The SMILES string of the molecule is CSc1ccc(-c2cc(N)c(C(=O)OC(C)(C)C)s2)cc1. The second-order valence-electron chi connectivity index (χ2n) is 5.63. The molecule has 2 N–H and O–H groups in total. The number of anilines is 1. The smallest absolute Gasteiger partial charge is 0.350 e. The van der Waals surface area contributed by atoms with Crippen LogP contribution in [0.3, 0.4) is 0 Å². The first-order valence-electron chi connectivity index (χ1n) is 6.57. The van der Waals surface area contributed by atoms with Gasteiger partial charge in [-0.25, -0.2) is 4.79 Å². The zero-order chi connectivity index (χ0) is 15.6. The third-order valence-corrected chi connectivity index (χ3v) is 4.64. The van der Waals surface area contributed by atoms with Crippen molar-refractivity contribution < 1.29 is 9.53 Å². The Morgan fingerprint density at radius 1 is 1.24 bits per heavy atom. The van der Waals surface area contributed by atoms with Gasteiger partial charge in [-0.3, -0.25) is 0 Å². The third kappa shape index (κ3) is 4.02. The predicted molar refractivity (Wildman–Crippen MR) is 91.1 cm³/mol. The Balaban J connectivity index is 2.27. The van der Waals surface area contributed by atoms with E-state index in [1.807, 2.05) is 45.2 Å². The topological polar surface area (TPSA) is 52.3 Å². The molecule has 0 aliphatic heterocycles. The van der Waals surface area contributed by atoms with Gasteiger partial charge in [0, 0.05) is 9.77 Å². The van der Waals surface area contributed by atoms with Crippen LogP contribution in [0.4, 0.5) is 5.69 Å². The van der Waals surface area contributed by atoms with Crippen molar-refractivity contribution in [1.82, 2.24) is 0 Å². The van der Waals surface area contributed by atoms with Crippen molar-refractivity contribution in [3.8, 4) is 10.4 Å². The lowest BCUT2D eigenvalue weighted by molar-refractivity contribution is 0.00764. The normalized spacial score (nSPS) is 11.4. The molecule has 0 fully saturated rings. The maximum Gasteiger partial charge on any atom is 0.350 e. The molecule has 5 heteroatoms. The molecule has 0 aliphatic rings. The average molecular weight is 321 g/mol. The van der Waals surface area contributed by atoms with Crippen LogP contribution in [0, 0.1) is 0 Å². The van der Waals surface area contributed by atoms with Crippen molar-refractivity contribution in [3.63, 3.8) is 0 Å². The van der Waals surface area contributed by atoms with E-state index in [0.717, 1.165) is 10.4 Å². The van der Waals surface area contributed by atoms with E-state index in [9.17, 15) is 4.79 Å². The summed E-state index contributed by atoms with van der Waals surface area (Å²) in [6.07, 6.45) is 2.04. The Morgan fingerprint density at radius 3 is 2.38 bits per heavy atom. The molecule has 21 heavy (non-hydrogen) atoms. The Morgan fingerprint density at radius 2 is 1.86 bits per heavy atom. The van der Waals surface area contributed by atoms with Gasteiger partial charge >= 0.3 is 5.97 Å². The van der Waals surface area contributed by atoms with Crippen LogP contribution in [0.25, 0.3) is 10.4 Å². The first-order chi connectivity index (χ1) is 9.80. The van der Waals surface area contributed by atoms with Crippen LogP contribution in [-0.2, 0) is 4.74 Å². The van der Waals surface area contributed by atoms with Crippen LogP contribution in [0.2, 0.25) is 0 Å². The summed E-state index contributed by atoms with van der Waals surface area (Å²) in [5, 5.41) is 0. The van der Waals surface area contributed by atoms with Gasteiger partial charge in [0.25, 0.3) is 0 Å². The van der Waals surface area contributed by atoms with Gasteiger partial charge in [0.15, 0.2) is 0 Å². The molecule has 0 unspecified atom stereocenters. The van der Waals surface area contributed by atoms with Gasteiger partial charge in [-0.1, -0.05) is 12.1 Å². The molecule has 1 heterocycles. The van der Waals surface area contributed by atoms with E-state index in [0.29, 0.717) is 10.6 Å². The predicted octanol–water partition coefficient (Wildman–Crippen LogP) is 4.67. The number of rotatable bonds is 3. The van der Waals surface area contributed by atoms with Gasteiger partial charge in [-0.15, -0.1) is 23.1 Å². The van der Waals surface area contributed by atoms with Crippen LogP contribution in [0.1, 0.15) is 30.4 Å². The highest BCUT2D eigenvalue weighted by Gasteiger charge is 2.22. The number of thiophene rings is 1. The van der Waals surface area contributed by atoms with E-state index < -0.39 is 5.60 Å². The summed E-state index contributed by atoms with van der Waals surface area (Å²) in [6, 6.07) is 10.0. The number of nitrogen functional groups attached to an aromatic ring is 1. The van der Waals surface area contributed by atoms with E-state index in [1.165, 1.54) is 16.2 Å². The fourth-order valence-electron chi connectivity index (χ4n) is 1.79. The zero-order valence-electron chi connectivity index (χ0n) is 12.6. The van der Waals surface area contributed by atoms with Crippen molar-refractivity contribution in [2.45, 2.75) is 31.3 Å². The molecule has 0 radical (unpaired) electrons. The molecule has 3 nitrogen and oxygen atoms in total. The summed E-state index contributed by atoms with van der Waals surface area (Å²) >= 11 is 3.07. The van der Waals surface area contributed by atoms with Gasteiger partial charge in [0.2, 0.25) is 0 Å². The van der Waals surface area contributed by atoms with E-state index in [4.69, 9.17) is 10.5 Å². The largest absolute Gasteiger partial charge is 0.456 e. The molecule has 0 atom stereocenters. The Hall–Kier alpha value is -1.46. The average Bonchev–Trinajstić information content (AvgIpc) is 2.79. The van der Waals surface area contributed by atoms with Crippen LogP contribution in [-0.4, -0.2) is 17.8 Å². The monoisotopic (exact) mass is 321 g/mol. The van der Waals surface area contributed by atoms with Gasteiger partial charge in [0.05, 0.1) is 5.69 Å². The summed E-state index contributed by atoms with van der Waals surface area (Å²) in [4.78, 5) is 14.8. The highest BCUT2D eigenvalue weighted by molar-refractivity contribution is 7.98. The molecule has 0 aliphatic carbocycles. The summed E-state index contributed by atoms with van der Waals surface area (Å²) in [5.41, 5.74) is 6.97. The minimum atomic E-state index is -0.520. The lowest BCUT2D eigenvalue weighted by atomic mass is 10.2. The maximum atomic E-state index is 12.1. The van der Waals surface area contributed by atoms with Crippen molar-refractivity contribution in [2.75, 3.05) is 12.0 Å². The number of ether oxygens (including phenoxy) is 1. The number of nitrogens with two attached hydrogens (primary N) is 1. The number of carbonyl (C=O) groups is 1. The molecule has 0 saturated heterocycles. The third-order valence-electron chi connectivity index (χ3n) is 2.72. The highest BCUT2D eigenvalue weighted by Crippen LogP contribution is 2.35. The summed E-state index contributed by atoms with van der Waals surface area (Å²) in [6.45, 7) is 5.53. The van der Waals surface area contributed by atoms with Crippen LogP contribution >= 0.6 is 23.1 Å². The second-order valence-corrected chi connectivity index (χ2v) is 7.56. The molecule has 2 rings (SSSR count). The molecule has 112 valence electrons. The molecule has 1 aromatic heterocycles. The lowest BCUT2D eigenvalue weighted by Gasteiger charge is -2.18. The maximum absolute atomic E-state index is 12.1. The molecule has 0 spiro atoms. The minimum Gasteiger partial charge on any atom is -0.456 e. The Labute approximate surface area is 133 Å². The Kier molecular flexibility index (Phi) is 4.64. The van der Waals surface area contributed by atoms with Gasteiger partial charge in [-0.2, -0.15) is 0 Å². The van der Waals surface area contributed by atoms with Crippen molar-refractivity contribution in [1.29, 1.82) is 0 Å². The molecule has 0 bridgehead atoms. The fraction of sp³-hybridized carbons (Fsp3) is 0.312. The molecule has 1 aromatic carbocycles. The van der Waals surface area contributed by atoms with E-state index >= 15 is 0 Å². The Bertz CT molecular complexity index is 639. The first-order valence-corrected chi connectivity index (χ1v) is 8.61. The lowest BCUT2D eigenvalue weighted by Crippen LogP contribution is -2.23. The van der Waals surface area contributed by atoms with Crippen molar-refractivity contribution in [2.24, 2.45) is 0 Å². The van der Waals surface area contributed by atoms with Gasteiger partial charge in [0.1, 0.15) is 10.5 Å². The zero-order valence-corrected chi connectivity index (χ0v) is 14.2. The number of carbonyl (C=O) groups excluding carboxylic acids is 1. The van der Waals surface area contributed by atoms with Gasteiger partial charge < -0.3 is 10.5 Å². The summed E-state index contributed by atoms with van der Waals surface area (Å²) in [7, 11) is 0. The number of hydrogen-bond donors (Lipinski definition) is 1. The van der Waals surface area contributed by atoms with Gasteiger partial charge in [-0.05, 0) is 50.8 Å². The molecular formula is C16H19NO2S2. The molecular weight excluding hydrogens is 302 g/mol. The van der Waals surface area contributed by atoms with E-state index in [2.05, 4.69) is 12.1 Å². The second kappa shape index (κ2) is 6.12. The fourth-order valence-corrected chi connectivity index (χ4v) is 3.16. The quantitative estimate of drug-likeness (QED) is 0.659. The number of benzene rings is 1. The number of thioether (sulfide) groups is 1. The standard InChI is InChI=1S/C16H19NO2S2/c1-16(2,3)19-15(18)14-12(17)9-13(21-14)10-5-7-11(20-4)8-6-10/h5-9H,17H2,1-4H3. The summed E-state index contributed by atoms with van der Waals surface area (Å²) in [5.74, 6) is -0.364. The molecule has 0 amide bonds. The van der Waals surface area contributed by atoms with Crippen LogP contribution in [0.15, 0.2) is 35.2 Å². The van der Waals surface area contributed by atoms with Crippen LogP contribution < -0.4 is 5.73 Å². The van der Waals surface area contributed by atoms with Crippen LogP contribution in [0.5, 0.6) is 0 Å². The number of hydrogen-bond acceptors (Lipinski definition) is 5. The molecule has 0 saturated carbocycles. The highest BCUT2D eigenvalue weighted by atomic mass is 32.2. The number of esters is 1. The van der Waals surface area contributed by atoms with E-state index in [-0.39, 0.29) is 5.97 Å². The summed E-state index contributed by atoms with van der Waals surface area (Å²) < 4.78 is 5.38.